The molecule has 0 aliphatic heterocycles. The van der Waals surface area contributed by atoms with Crippen LogP contribution in [0.5, 0.6) is 0 Å². The van der Waals surface area contributed by atoms with Crippen LogP contribution in [0.4, 0.5) is 5.13 Å². The standard InChI is InChI=1S/C22H24N4O2S/c1-13-18(21(28)24-14(2)23-13)9-10-20(27)26-22-25-19(12-29-22)17-8-7-15-5-3-4-6-16(15)11-17/h7-8,11-12H,3-6,9-10H2,1-2H3,(H,23,24,28)(H,25,26,27). The van der Waals surface area contributed by atoms with Crippen LogP contribution in [-0.2, 0) is 24.1 Å². The van der Waals surface area contributed by atoms with Gasteiger partial charge in [0.1, 0.15) is 5.82 Å². The topological polar surface area (TPSA) is 87.7 Å². The maximum absolute atomic E-state index is 12.3. The van der Waals surface area contributed by atoms with Crippen LogP contribution in [0.25, 0.3) is 11.3 Å². The zero-order chi connectivity index (χ0) is 20.4. The summed E-state index contributed by atoms with van der Waals surface area (Å²) in [5, 5.41) is 5.40. The number of hydrogen-bond acceptors (Lipinski definition) is 5. The molecule has 0 atom stereocenters. The molecular formula is C22H24N4O2S. The first kappa shape index (κ1) is 19.5. The van der Waals surface area contributed by atoms with E-state index in [1.54, 1.807) is 13.8 Å². The number of hydrogen-bond donors (Lipinski definition) is 2. The summed E-state index contributed by atoms with van der Waals surface area (Å²) in [7, 11) is 0. The van der Waals surface area contributed by atoms with E-state index in [4.69, 9.17) is 0 Å². The summed E-state index contributed by atoms with van der Waals surface area (Å²) in [4.78, 5) is 35.9. The summed E-state index contributed by atoms with van der Waals surface area (Å²) in [6, 6.07) is 6.55. The third-order valence-electron chi connectivity index (χ3n) is 5.34. The molecule has 0 radical (unpaired) electrons. The molecule has 0 saturated carbocycles. The van der Waals surface area contributed by atoms with Crippen LogP contribution >= 0.6 is 11.3 Å². The van der Waals surface area contributed by atoms with E-state index in [-0.39, 0.29) is 17.9 Å². The lowest BCUT2D eigenvalue weighted by Crippen LogP contribution is -2.20. The number of nitrogens with one attached hydrogen (secondary N) is 2. The van der Waals surface area contributed by atoms with E-state index in [1.165, 1.54) is 35.3 Å². The number of thiazole rings is 1. The average Bonchev–Trinajstić information content (AvgIpc) is 3.15. The van der Waals surface area contributed by atoms with Crippen LogP contribution < -0.4 is 10.9 Å². The molecule has 0 unspecified atom stereocenters. The van der Waals surface area contributed by atoms with E-state index in [1.807, 2.05) is 5.38 Å². The van der Waals surface area contributed by atoms with Crippen molar-refractivity contribution in [2.45, 2.75) is 52.4 Å². The molecule has 4 rings (SSSR count). The number of benzene rings is 1. The molecule has 3 aromatic rings. The predicted molar refractivity (Wildman–Crippen MR) is 115 cm³/mol. The zero-order valence-electron chi connectivity index (χ0n) is 16.7. The number of fused-ring (bicyclic) bond motifs is 1. The monoisotopic (exact) mass is 408 g/mol. The third-order valence-corrected chi connectivity index (χ3v) is 6.10. The quantitative estimate of drug-likeness (QED) is 0.669. The van der Waals surface area contributed by atoms with Crippen LogP contribution in [-0.4, -0.2) is 20.9 Å². The lowest BCUT2D eigenvalue weighted by Gasteiger charge is -2.16. The highest BCUT2D eigenvalue weighted by Gasteiger charge is 2.14. The van der Waals surface area contributed by atoms with Gasteiger partial charge < -0.3 is 10.3 Å². The fourth-order valence-corrected chi connectivity index (χ4v) is 4.56. The molecule has 0 fully saturated rings. The normalized spacial score (nSPS) is 13.2. The number of carbonyl (C=O) groups is 1. The first-order valence-corrected chi connectivity index (χ1v) is 10.8. The highest BCUT2D eigenvalue weighted by molar-refractivity contribution is 7.14. The molecule has 2 aromatic heterocycles. The Labute approximate surface area is 173 Å². The number of H-pyrrole nitrogens is 1. The van der Waals surface area contributed by atoms with Gasteiger partial charge in [-0.1, -0.05) is 12.1 Å². The van der Waals surface area contributed by atoms with Gasteiger partial charge in [0.15, 0.2) is 5.13 Å². The Morgan fingerprint density at radius 2 is 1.97 bits per heavy atom. The SMILES string of the molecule is Cc1nc(C)c(CCC(=O)Nc2nc(-c3ccc4c(c3)CCCC4)cs2)c(=O)[nH]1. The van der Waals surface area contributed by atoms with Gasteiger partial charge in [0.05, 0.1) is 5.69 Å². The maximum Gasteiger partial charge on any atom is 0.254 e. The zero-order valence-corrected chi connectivity index (χ0v) is 17.5. The molecule has 1 aromatic carbocycles. The number of aromatic amines is 1. The molecule has 2 heterocycles. The largest absolute Gasteiger partial charge is 0.311 e. The number of amides is 1. The molecule has 150 valence electrons. The van der Waals surface area contributed by atoms with E-state index in [9.17, 15) is 9.59 Å². The number of anilines is 1. The van der Waals surface area contributed by atoms with Crippen LogP contribution in [0, 0.1) is 13.8 Å². The van der Waals surface area contributed by atoms with Crippen LogP contribution in [0.1, 0.15) is 47.5 Å². The number of aryl methyl sites for hydroxylation is 4. The summed E-state index contributed by atoms with van der Waals surface area (Å²) in [5.74, 6) is 0.425. The van der Waals surface area contributed by atoms with Crippen molar-refractivity contribution < 1.29 is 4.79 Å². The second-order valence-electron chi connectivity index (χ2n) is 7.49. The van der Waals surface area contributed by atoms with Gasteiger partial charge in [0.2, 0.25) is 5.91 Å². The summed E-state index contributed by atoms with van der Waals surface area (Å²) < 4.78 is 0. The van der Waals surface area contributed by atoms with Gasteiger partial charge >= 0.3 is 0 Å². The highest BCUT2D eigenvalue weighted by Crippen LogP contribution is 2.29. The van der Waals surface area contributed by atoms with E-state index >= 15 is 0 Å². The van der Waals surface area contributed by atoms with Gasteiger partial charge in [-0.25, -0.2) is 9.97 Å². The van der Waals surface area contributed by atoms with Crippen molar-refractivity contribution in [1.82, 2.24) is 15.0 Å². The number of rotatable bonds is 5. The van der Waals surface area contributed by atoms with Gasteiger partial charge in [-0.05, 0) is 63.1 Å². The van der Waals surface area contributed by atoms with Crippen molar-refractivity contribution in [2.24, 2.45) is 0 Å². The Morgan fingerprint density at radius 3 is 2.76 bits per heavy atom. The number of carbonyl (C=O) groups excluding carboxylic acids is 1. The van der Waals surface area contributed by atoms with E-state index in [0.717, 1.165) is 24.1 Å². The molecule has 2 N–H and O–H groups in total. The van der Waals surface area contributed by atoms with Gasteiger partial charge in [0.25, 0.3) is 5.56 Å². The Balaban J connectivity index is 1.40. The summed E-state index contributed by atoms with van der Waals surface area (Å²) in [6.45, 7) is 3.54. The minimum atomic E-state index is -0.174. The van der Waals surface area contributed by atoms with Crippen LogP contribution in [0.15, 0.2) is 28.4 Å². The Kier molecular flexibility index (Phi) is 5.58. The molecule has 6 nitrogen and oxygen atoms in total. The molecular weight excluding hydrogens is 384 g/mol. The summed E-state index contributed by atoms with van der Waals surface area (Å²) >= 11 is 1.42. The van der Waals surface area contributed by atoms with Crippen molar-refractivity contribution in [3.05, 3.63) is 62.1 Å². The number of aromatic nitrogens is 3. The van der Waals surface area contributed by atoms with Crippen molar-refractivity contribution in [3.63, 3.8) is 0 Å². The molecule has 1 aliphatic carbocycles. The molecule has 29 heavy (non-hydrogen) atoms. The third kappa shape index (κ3) is 4.45. The predicted octanol–water partition coefficient (Wildman–Crippen LogP) is 3.96. The van der Waals surface area contributed by atoms with E-state index < -0.39 is 0 Å². The smallest absolute Gasteiger partial charge is 0.254 e. The molecule has 1 amide bonds. The first-order valence-electron chi connectivity index (χ1n) is 9.93. The van der Waals surface area contributed by atoms with Crippen molar-refractivity contribution in [2.75, 3.05) is 5.32 Å². The molecule has 0 bridgehead atoms. The van der Waals surface area contributed by atoms with Crippen LogP contribution in [0.3, 0.4) is 0 Å². The van der Waals surface area contributed by atoms with Gasteiger partial charge in [0, 0.05) is 28.6 Å². The fraction of sp³-hybridized carbons (Fsp3) is 0.364. The average molecular weight is 409 g/mol. The summed E-state index contributed by atoms with van der Waals surface area (Å²) in [6.07, 6.45) is 5.36. The van der Waals surface area contributed by atoms with Gasteiger partial charge in [-0.2, -0.15) is 0 Å². The van der Waals surface area contributed by atoms with Crippen LogP contribution in [0.2, 0.25) is 0 Å². The first-order chi connectivity index (χ1) is 14.0. The van der Waals surface area contributed by atoms with E-state index in [0.29, 0.717) is 28.6 Å². The second-order valence-corrected chi connectivity index (χ2v) is 8.35. The Hall–Kier alpha value is -2.80. The van der Waals surface area contributed by atoms with Crippen molar-refractivity contribution in [3.8, 4) is 11.3 Å². The molecule has 0 saturated heterocycles. The molecule has 0 spiro atoms. The number of nitrogens with zero attached hydrogens (tertiary/aromatic N) is 2. The van der Waals surface area contributed by atoms with E-state index in [2.05, 4.69) is 38.5 Å². The highest BCUT2D eigenvalue weighted by atomic mass is 32.1. The summed E-state index contributed by atoms with van der Waals surface area (Å²) in [5.41, 5.74) is 5.89. The minimum absolute atomic E-state index is 0.157. The van der Waals surface area contributed by atoms with Gasteiger partial charge in [-0.3, -0.25) is 9.59 Å². The van der Waals surface area contributed by atoms with Gasteiger partial charge in [-0.15, -0.1) is 11.3 Å². The second kappa shape index (κ2) is 8.29. The lowest BCUT2D eigenvalue weighted by atomic mass is 9.90. The minimum Gasteiger partial charge on any atom is -0.311 e. The Bertz CT molecular complexity index is 1120. The Morgan fingerprint density at radius 1 is 1.17 bits per heavy atom. The molecule has 7 heteroatoms. The molecule has 1 aliphatic rings. The van der Waals surface area contributed by atoms with Crippen molar-refractivity contribution >= 4 is 22.4 Å². The fourth-order valence-electron chi connectivity index (χ4n) is 3.82. The maximum atomic E-state index is 12.3. The lowest BCUT2D eigenvalue weighted by molar-refractivity contribution is -0.116. The van der Waals surface area contributed by atoms with Crippen molar-refractivity contribution in [1.29, 1.82) is 0 Å².